The summed E-state index contributed by atoms with van der Waals surface area (Å²) in [6, 6.07) is 16.2. The molecule has 0 bridgehead atoms. The third kappa shape index (κ3) is 6.89. The standard InChI is InChI=1S/C26H34FN3O2/c1-26(2,3)25(32)30(20-22-9-11-23(27)12-10-22)18-15-28-13-16-29(17-14-28)24(31)19-21-7-5-4-6-8-21/h4-12H,13-20H2,1-3H3. The Kier molecular flexibility index (Phi) is 8.02. The van der Waals surface area contributed by atoms with Crippen molar-refractivity contribution < 1.29 is 14.0 Å². The van der Waals surface area contributed by atoms with Gasteiger partial charge in [0.1, 0.15) is 5.82 Å². The molecule has 2 amide bonds. The number of piperazine rings is 1. The third-order valence-corrected chi connectivity index (χ3v) is 5.82. The number of rotatable bonds is 7. The molecule has 1 fully saturated rings. The maximum absolute atomic E-state index is 13.3. The molecule has 172 valence electrons. The summed E-state index contributed by atoms with van der Waals surface area (Å²) in [6.07, 6.45) is 0.437. The van der Waals surface area contributed by atoms with Crippen LogP contribution >= 0.6 is 0 Å². The number of nitrogens with zero attached hydrogens (tertiary/aromatic N) is 3. The number of amides is 2. The minimum atomic E-state index is -0.484. The summed E-state index contributed by atoms with van der Waals surface area (Å²) >= 11 is 0. The highest BCUT2D eigenvalue weighted by atomic mass is 19.1. The van der Waals surface area contributed by atoms with E-state index in [1.54, 1.807) is 12.1 Å². The van der Waals surface area contributed by atoms with E-state index in [4.69, 9.17) is 0 Å². The zero-order chi connectivity index (χ0) is 23.1. The molecule has 0 aliphatic carbocycles. The summed E-state index contributed by atoms with van der Waals surface area (Å²) in [5.74, 6) is -0.0303. The van der Waals surface area contributed by atoms with Crippen LogP contribution in [0.25, 0.3) is 0 Å². The zero-order valence-corrected chi connectivity index (χ0v) is 19.4. The normalized spacial score (nSPS) is 14.9. The molecule has 0 atom stereocenters. The topological polar surface area (TPSA) is 43.9 Å². The maximum Gasteiger partial charge on any atom is 0.228 e. The first-order chi connectivity index (χ1) is 15.2. The van der Waals surface area contributed by atoms with E-state index in [1.807, 2.05) is 60.9 Å². The van der Waals surface area contributed by atoms with Crippen molar-refractivity contribution in [2.45, 2.75) is 33.7 Å². The van der Waals surface area contributed by atoms with E-state index >= 15 is 0 Å². The Balaban J connectivity index is 1.52. The van der Waals surface area contributed by atoms with Crippen LogP contribution in [-0.4, -0.2) is 65.8 Å². The van der Waals surface area contributed by atoms with Crippen LogP contribution < -0.4 is 0 Å². The lowest BCUT2D eigenvalue weighted by molar-refractivity contribution is -0.140. The predicted molar refractivity (Wildman–Crippen MR) is 124 cm³/mol. The first-order valence-corrected chi connectivity index (χ1v) is 11.3. The second kappa shape index (κ2) is 10.7. The summed E-state index contributed by atoms with van der Waals surface area (Å²) < 4.78 is 13.3. The number of carbonyl (C=O) groups is 2. The maximum atomic E-state index is 13.3. The van der Waals surface area contributed by atoms with Gasteiger partial charge in [0.2, 0.25) is 11.8 Å². The van der Waals surface area contributed by atoms with Crippen molar-refractivity contribution in [3.05, 3.63) is 71.5 Å². The Bertz CT molecular complexity index is 886. The first kappa shape index (κ1) is 23.9. The van der Waals surface area contributed by atoms with Gasteiger partial charge >= 0.3 is 0 Å². The van der Waals surface area contributed by atoms with E-state index in [0.717, 1.165) is 30.8 Å². The summed E-state index contributed by atoms with van der Waals surface area (Å²) in [5, 5.41) is 0. The van der Waals surface area contributed by atoms with Crippen LogP contribution in [0, 0.1) is 11.2 Å². The zero-order valence-electron chi connectivity index (χ0n) is 19.4. The molecule has 6 heteroatoms. The molecule has 3 rings (SSSR count). The fraction of sp³-hybridized carbons (Fsp3) is 0.462. The van der Waals surface area contributed by atoms with Crippen LogP contribution in [0.3, 0.4) is 0 Å². The van der Waals surface area contributed by atoms with E-state index < -0.39 is 5.41 Å². The molecule has 1 aliphatic heterocycles. The molecule has 0 radical (unpaired) electrons. The van der Waals surface area contributed by atoms with E-state index in [-0.39, 0.29) is 17.6 Å². The Labute approximate surface area is 190 Å². The second-order valence-corrected chi connectivity index (χ2v) is 9.49. The highest BCUT2D eigenvalue weighted by molar-refractivity contribution is 5.81. The van der Waals surface area contributed by atoms with Crippen molar-refractivity contribution in [2.24, 2.45) is 5.41 Å². The summed E-state index contributed by atoms with van der Waals surface area (Å²) in [7, 11) is 0. The monoisotopic (exact) mass is 439 g/mol. The number of carbonyl (C=O) groups excluding carboxylic acids is 2. The fourth-order valence-electron chi connectivity index (χ4n) is 3.90. The molecule has 0 saturated carbocycles. The number of hydrogen-bond acceptors (Lipinski definition) is 3. The molecule has 1 heterocycles. The van der Waals surface area contributed by atoms with Crippen molar-refractivity contribution in [3.63, 3.8) is 0 Å². The minimum absolute atomic E-state index is 0.0819. The first-order valence-electron chi connectivity index (χ1n) is 11.3. The fourth-order valence-corrected chi connectivity index (χ4v) is 3.90. The van der Waals surface area contributed by atoms with Gasteiger partial charge in [-0.05, 0) is 23.3 Å². The lowest BCUT2D eigenvalue weighted by Crippen LogP contribution is -2.51. The summed E-state index contributed by atoms with van der Waals surface area (Å²) in [4.78, 5) is 31.7. The van der Waals surface area contributed by atoms with Crippen molar-refractivity contribution in [3.8, 4) is 0 Å². The molecule has 0 spiro atoms. The number of halogens is 1. The minimum Gasteiger partial charge on any atom is -0.340 e. The molecule has 1 saturated heterocycles. The third-order valence-electron chi connectivity index (χ3n) is 5.82. The summed E-state index contributed by atoms with van der Waals surface area (Å²) in [6.45, 7) is 10.6. The van der Waals surface area contributed by atoms with Crippen molar-refractivity contribution in [2.75, 3.05) is 39.3 Å². The lowest BCUT2D eigenvalue weighted by Gasteiger charge is -2.37. The van der Waals surface area contributed by atoms with Crippen LogP contribution in [0.15, 0.2) is 54.6 Å². The molecular formula is C26H34FN3O2. The SMILES string of the molecule is CC(C)(C)C(=O)N(CCN1CCN(C(=O)Cc2ccccc2)CC1)Cc1ccc(F)cc1. The van der Waals surface area contributed by atoms with Crippen LogP contribution in [0.4, 0.5) is 4.39 Å². The van der Waals surface area contributed by atoms with Crippen LogP contribution in [0.2, 0.25) is 0 Å². The number of benzene rings is 2. The van der Waals surface area contributed by atoms with Gasteiger partial charge in [-0.15, -0.1) is 0 Å². The second-order valence-electron chi connectivity index (χ2n) is 9.49. The molecule has 0 N–H and O–H groups in total. The largest absolute Gasteiger partial charge is 0.340 e. The Morgan fingerprint density at radius 2 is 1.53 bits per heavy atom. The van der Waals surface area contributed by atoms with Crippen LogP contribution in [0.5, 0.6) is 0 Å². The van der Waals surface area contributed by atoms with E-state index in [9.17, 15) is 14.0 Å². The highest BCUT2D eigenvalue weighted by Gasteiger charge is 2.28. The van der Waals surface area contributed by atoms with E-state index in [2.05, 4.69) is 4.90 Å². The van der Waals surface area contributed by atoms with Gasteiger partial charge in [-0.2, -0.15) is 0 Å². The summed E-state index contributed by atoms with van der Waals surface area (Å²) in [5.41, 5.74) is 1.47. The molecular weight excluding hydrogens is 405 g/mol. The van der Waals surface area contributed by atoms with Gasteiger partial charge in [-0.1, -0.05) is 63.2 Å². The van der Waals surface area contributed by atoms with Crippen molar-refractivity contribution in [1.29, 1.82) is 0 Å². The van der Waals surface area contributed by atoms with E-state index in [1.165, 1.54) is 12.1 Å². The van der Waals surface area contributed by atoms with E-state index in [0.29, 0.717) is 32.6 Å². The van der Waals surface area contributed by atoms with Crippen LogP contribution in [0.1, 0.15) is 31.9 Å². The van der Waals surface area contributed by atoms with Crippen molar-refractivity contribution >= 4 is 11.8 Å². The molecule has 1 aliphatic rings. The molecule has 0 aromatic heterocycles. The molecule has 2 aromatic carbocycles. The lowest BCUT2D eigenvalue weighted by atomic mass is 9.94. The Morgan fingerprint density at radius 3 is 2.12 bits per heavy atom. The highest BCUT2D eigenvalue weighted by Crippen LogP contribution is 2.20. The molecule has 0 unspecified atom stereocenters. The van der Waals surface area contributed by atoms with Gasteiger partial charge in [-0.25, -0.2) is 4.39 Å². The predicted octanol–water partition coefficient (Wildman–Crippen LogP) is 3.59. The van der Waals surface area contributed by atoms with Gasteiger partial charge in [0.15, 0.2) is 0 Å². The van der Waals surface area contributed by atoms with Gasteiger partial charge in [-0.3, -0.25) is 14.5 Å². The van der Waals surface area contributed by atoms with Gasteiger partial charge in [0.25, 0.3) is 0 Å². The average Bonchev–Trinajstić information content (AvgIpc) is 2.78. The van der Waals surface area contributed by atoms with Gasteiger partial charge < -0.3 is 9.80 Å². The molecule has 2 aromatic rings. The molecule has 32 heavy (non-hydrogen) atoms. The Morgan fingerprint density at radius 1 is 0.906 bits per heavy atom. The number of hydrogen-bond donors (Lipinski definition) is 0. The quantitative estimate of drug-likeness (QED) is 0.662. The average molecular weight is 440 g/mol. The van der Waals surface area contributed by atoms with Gasteiger partial charge in [0.05, 0.1) is 6.42 Å². The van der Waals surface area contributed by atoms with Gasteiger partial charge in [0, 0.05) is 51.2 Å². The Hall–Kier alpha value is -2.73. The van der Waals surface area contributed by atoms with Crippen molar-refractivity contribution in [1.82, 2.24) is 14.7 Å². The van der Waals surface area contributed by atoms with Crippen LogP contribution in [-0.2, 0) is 22.6 Å². The smallest absolute Gasteiger partial charge is 0.228 e. The molecule has 5 nitrogen and oxygen atoms in total.